The summed E-state index contributed by atoms with van der Waals surface area (Å²) >= 11 is 0. The van der Waals surface area contributed by atoms with Crippen LogP contribution in [0.3, 0.4) is 0 Å². The first-order valence-electron chi connectivity index (χ1n) is 6.86. The maximum Gasteiger partial charge on any atom is 0.339 e. The molecule has 1 aromatic carbocycles. The van der Waals surface area contributed by atoms with E-state index in [0.29, 0.717) is 18.2 Å². The maximum absolute atomic E-state index is 12.3. The fourth-order valence-corrected chi connectivity index (χ4v) is 1.90. The number of aromatic hydroxyl groups is 1. The zero-order valence-electron chi connectivity index (χ0n) is 12.8. The van der Waals surface area contributed by atoms with Crippen LogP contribution in [0.4, 0.5) is 10.5 Å². The first kappa shape index (κ1) is 16.8. The molecule has 0 unspecified atom stereocenters. The number of carboxylic acids is 1. The van der Waals surface area contributed by atoms with Crippen molar-refractivity contribution in [1.29, 1.82) is 0 Å². The molecule has 1 rings (SSSR count). The third-order valence-corrected chi connectivity index (χ3v) is 2.92. The van der Waals surface area contributed by atoms with Gasteiger partial charge in [-0.05, 0) is 38.0 Å². The van der Waals surface area contributed by atoms with Gasteiger partial charge in [-0.2, -0.15) is 0 Å². The fraction of sp³-hybridized carbons (Fsp3) is 0.467. The molecule has 116 valence electrons. The van der Waals surface area contributed by atoms with Crippen LogP contribution in [0.1, 0.15) is 38.1 Å². The summed E-state index contributed by atoms with van der Waals surface area (Å²) in [7, 11) is 0. The summed E-state index contributed by atoms with van der Waals surface area (Å²) in [6.45, 7) is 8.48. The molecule has 0 atom stereocenters. The van der Waals surface area contributed by atoms with Gasteiger partial charge in [0.15, 0.2) is 0 Å². The minimum Gasteiger partial charge on any atom is -0.507 e. The van der Waals surface area contributed by atoms with Crippen molar-refractivity contribution in [2.45, 2.75) is 33.7 Å². The van der Waals surface area contributed by atoms with Gasteiger partial charge in [0.25, 0.3) is 0 Å². The summed E-state index contributed by atoms with van der Waals surface area (Å²) in [4.78, 5) is 24.9. The maximum atomic E-state index is 12.3. The Morgan fingerprint density at radius 2 is 1.86 bits per heavy atom. The molecule has 3 N–H and O–H groups in total. The van der Waals surface area contributed by atoms with E-state index in [-0.39, 0.29) is 23.4 Å². The summed E-state index contributed by atoms with van der Waals surface area (Å²) < 4.78 is 0. The first-order valence-corrected chi connectivity index (χ1v) is 6.86. The number of nitrogens with one attached hydrogen (secondary N) is 1. The summed E-state index contributed by atoms with van der Waals surface area (Å²) in [5, 5.41) is 21.1. The van der Waals surface area contributed by atoms with Crippen LogP contribution in [0.5, 0.6) is 5.75 Å². The second-order valence-electron chi connectivity index (χ2n) is 5.61. The van der Waals surface area contributed by atoms with E-state index in [4.69, 9.17) is 5.11 Å². The topological polar surface area (TPSA) is 89.9 Å². The highest BCUT2D eigenvalue weighted by molar-refractivity contribution is 5.95. The van der Waals surface area contributed by atoms with Gasteiger partial charge < -0.3 is 20.4 Å². The highest BCUT2D eigenvalue weighted by atomic mass is 16.4. The predicted octanol–water partition coefficient (Wildman–Crippen LogP) is 2.99. The van der Waals surface area contributed by atoms with E-state index in [1.165, 1.54) is 18.2 Å². The molecule has 0 aromatic heterocycles. The van der Waals surface area contributed by atoms with E-state index in [9.17, 15) is 14.7 Å². The normalized spacial score (nSPS) is 10.8. The van der Waals surface area contributed by atoms with E-state index in [0.717, 1.165) is 0 Å². The van der Waals surface area contributed by atoms with Gasteiger partial charge in [-0.1, -0.05) is 13.8 Å². The number of rotatable bonds is 5. The lowest BCUT2D eigenvalue weighted by molar-refractivity contribution is 0.0693. The molecule has 0 aliphatic heterocycles. The molecule has 21 heavy (non-hydrogen) atoms. The number of benzene rings is 1. The zero-order chi connectivity index (χ0) is 16.2. The molecular weight excluding hydrogens is 272 g/mol. The molecular formula is C15H22N2O4. The van der Waals surface area contributed by atoms with Gasteiger partial charge in [0.1, 0.15) is 11.3 Å². The van der Waals surface area contributed by atoms with Crippen LogP contribution < -0.4 is 5.32 Å². The monoisotopic (exact) mass is 294 g/mol. The number of aromatic carboxylic acids is 1. The standard InChI is InChI=1S/C15H22N2O4/c1-9(2)8-17(10(3)4)15(21)16-11-5-6-13(18)12(7-11)14(19)20/h5-7,9-10,18H,8H2,1-4H3,(H,16,21)(H,19,20). The Hall–Kier alpha value is -2.24. The van der Waals surface area contributed by atoms with Crippen molar-refractivity contribution < 1.29 is 19.8 Å². The van der Waals surface area contributed by atoms with Gasteiger partial charge in [0.2, 0.25) is 0 Å². The van der Waals surface area contributed by atoms with Crippen LogP contribution in [-0.2, 0) is 0 Å². The number of anilines is 1. The highest BCUT2D eigenvalue weighted by Crippen LogP contribution is 2.22. The fourth-order valence-electron chi connectivity index (χ4n) is 1.90. The Labute approximate surface area is 124 Å². The Morgan fingerprint density at radius 1 is 1.24 bits per heavy atom. The summed E-state index contributed by atoms with van der Waals surface area (Å²) in [5.41, 5.74) is 0.0948. The lowest BCUT2D eigenvalue weighted by atomic mass is 10.1. The van der Waals surface area contributed by atoms with Crippen molar-refractivity contribution in [2.24, 2.45) is 5.92 Å². The van der Waals surface area contributed by atoms with Crippen LogP contribution in [0.15, 0.2) is 18.2 Å². The van der Waals surface area contributed by atoms with Crippen molar-refractivity contribution in [3.8, 4) is 5.75 Å². The van der Waals surface area contributed by atoms with Crippen LogP contribution in [0.25, 0.3) is 0 Å². The molecule has 0 saturated carbocycles. The van der Waals surface area contributed by atoms with Crippen molar-refractivity contribution in [3.63, 3.8) is 0 Å². The SMILES string of the molecule is CC(C)CN(C(=O)Nc1ccc(O)c(C(=O)O)c1)C(C)C. The molecule has 0 aliphatic rings. The van der Waals surface area contributed by atoms with Gasteiger partial charge in [-0.25, -0.2) is 9.59 Å². The number of nitrogens with zero attached hydrogens (tertiary/aromatic N) is 1. The van der Waals surface area contributed by atoms with E-state index in [2.05, 4.69) is 5.32 Å². The van der Waals surface area contributed by atoms with E-state index < -0.39 is 5.97 Å². The van der Waals surface area contributed by atoms with Crippen LogP contribution >= 0.6 is 0 Å². The Morgan fingerprint density at radius 3 is 2.33 bits per heavy atom. The minimum atomic E-state index is -1.24. The van der Waals surface area contributed by atoms with Gasteiger partial charge in [0.05, 0.1) is 0 Å². The quantitative estimate of drug-likeness (QED) is 0.728. The second-order valence-corrected chi connectivity index (χ2v) is 5.61. The minimum absolute atomic E-state index is 0.0310. The lowest BCUT2D eigenvalue weighted by Crippen LogP contribution is -2.42. The number of urea groups is 1. The van der Waals surface area contributed by atoms with Gasteiger partial charge in [0, 0.05) is 18.3 Å². The molecule has 0 saturated heterocycles. The van der Waals surface area contributed by atoms with Crippen molar-refractivity contribution in [2.75, 3.05) is 11.9 Å². The number of phenols is 1. The van der Waals surface area contributed by atoms with Crippen molar-refractivity contribution >= 4 is 17.7 Å². The largest absolute Gasteiger partial charge is 0.507 e. The van der Waals surface area contributed by atoms with Crippen molar-refractivity contribution in [1.82, 2.24) is 4.90 Å². The number of hydrogen-bond donors (Lipinski definition) is 3. The average Bonchev–Trinajstić information content (AvgIpc) is 2.37. The van der Waals surface area contributed by atoms with Crippen LogP contribution in [0.2, 0.25) is 0 Å². The average molecular weight is 294 g/mol. The number of carboxylic acid groups (broad SMARTS) is 1. The molecule has 0 fully saturated rings. The van der Waals surface area contributed by atoms with Gasteiger partial charge in [-0.15, -0.1) is 0 Å². The van der Waals surface area contributed by atoms with Crippen LogP contribution in [-0.4, -0.2) is 39.7 Å². The Kier molecular flexibility index (Phi) is 5.58. The summed E-state index contributed by atoms with van der Waals surface area (Å²) in [6.07, 6.45) is 0. The Bertz CT molecular complexity index is 526. The molecule has 6 nitrogen and oxygen atoms in total. The van der Waals surface area contributed by atoms with Crippen molar-refractivity contribution in [3.05, 3.63) is 23.8 Å². The predicted molar refractivity (Wildman–Crippen MR) is 80.8 cm³/mol. The van der Waals surface area contributed by atoms with E-state index in [1.54, 1.807) is 4.90 Å². The van der Waals surface area contributed by atoms with Gasteiger partial charge in [-0.3, -0.25) is 0 Å². The Balaban J connectivity index is 2.91. The molecule has 2 amide bonds. The second kappa shape index (κ2) is 6.97. The summed E-state index contributed by atoms with van der Waals surface area (Å²) in [6, 6.07) is 3.70. The van der Waals surface area contributed by atoms with Gasteiger partial charge >= 0.3 is 12.0 Å². The van der Waals surface area contributed by atoms with Crippen LogP contribution in [0, 0.1) is 5.92 Å². The summed E-state index contributed by atoms with van der Waals surface area (Å²) in [5.74, 6) is -1.25. The third kappa shape index (κ3) is 4.66. The molecule has 0 radical (unpaired) electrons. The number of carbonyl (C=O) groups excluding carboxylic acids is 1. The number of carbonyl (C=O) groups is 2. The van der Waals surface area contributed by atoms with E-state index >= 15 is 0 Å². The number of amides is 2. The third-order valence-electron chi connectivity index (χ3n) is 2.92. The molecule has 0 spiro atoms. The zero-order valence-corrected chi connectivity index (χ0v) is 12.8. The highest BCUT2D eigenvalue weighted by Gasteiger charge is 2.19. The smallest absolute Gasteiger partial charge is 0.339 e. The molecule has 0 bridgehead atoms. The molecule has 0 heterocycles. The number of hydrogen-bond acceptors (Lipinski definition) is 3. The molecule has 0 aliphatic carbocycles. The molecule has 1 aromatic rings. The molecule has 6 heteroatoms. The lowest BCUT2D eigenvalue weighted by Gasteiger charge is -2.28. The van der Waals surface area contributed by atoms with E-state index in [1.807, 2.05) is 27.7 Å². The first-order chi connectivity index (χ1) is 9.72.